The van der Waals surface area contributed by atoms with Crippen molar-refractivity contribution < 1.29 is 4.74 Å². The maximum atomic E-state index is 6.27. The van der Waals surface area contributed by atoms with Gasteiger partial charge >= 0.3 is 0 Å². The van der Waals surface area contributed by atoms with Gasteiger partial charge in [0, 0.05) is 16.0 Å². The van der Waals surface area contributed by atoms with Gasteiger partial charge in [0.2, 0.25) is 0 Å². The highest BCUT2D eigenvalue weighted by molar-refractivity contribution is 9.10. The Labute approximate surface area is 129 Å². The minimum atomic E-state index is -0.0383. The van der Waals surface area contributed by atoms with Crippen LogP contribution in [0.3, 0.4) is 0 Å². The number of halogens is 1. The van der Waals surface area contributed by atoms with Crippen LogP contribution in [0.1, 0.15) is 50.4 Å². The maximum absolute atomic E-state index is 6.27. The van der Waals surface area contributed by atoms with Gasteiger partial charge in [0.15, 0.2) is 0 Å². The molecule has 19 heavy (non-hydrogen) atoms. The Hall–Kier alpha value is 0.100. The summed E-state index contributed by atoms with van der Waals surface area (Å²) in [6.07, 6.45) is 4.83. The van der Waals surface area contributed by atoms with Gasteiger partial charge in [-0.3, -0.25) is 0 Å². The highest BCUT2D eigenvalue weighted by atomic mass is 79.9. The minimum absolute atomic E-state index is 0.0383. The van der Waals surface area contributed by atoms with E-state index >= 15 is 0 Å². The summed E-state index contributed by atoms with van der Waals surface area (Å²) in [6.45, 7) is 5.25. The topological polar surface area (TPSA) is 21.3 Å². The van der Waals surface area contributed by atoms with Crippen LogP contribution in [0.15, 0.2) is 15.9 Å². The van der Waals surface area contributed by atoms with Crippen LogP contribution >= 0.6 is 27.3 Å². The summed E-state index contributed by atoms with van der Waals surface area (Å²) in [5, 5.41) is 5.66. The molecule has 0 spiro atoms. The van der Waals surface area contributed by atoms with E-state index in [1.807, 2.05) is 11.3 Å². The van der Waals surface area contributed by atoms with Gasteiger partial charge in [0.1, 0.15) is 0 Å². The van der Waals surface area contributed by atoms with Crippen LogP contribution in [0.5, 0.6) is 0 Å². The molecule has 1 saturated carbocycles. The zero-order valence-electron chi connectivity index (χ0n) is 12.0. The molecule has 1 heterocycles. The van der Waals surface area contributed by atoms with Crippen LogP contribution < -0.4 is 5.32 Å². The Balaban J connectivity index is 2.28. The molecule has 1 atom stereocenters. The van der Waals surface area contributed by atoms with Crippen LogP contribution in [0, 0.1) is 5.92 Å². The molecule has 1 fully saturated rings. The standard InChI is InChI=1S/C15H24BrNOS/c1-4-18-15(8-5-11(2)6-9-15)14(17-3)13-12(16)7-10-19-13/h7,10-11,14,17H,4-6,8-9H2,1-3H3. The molecule has 1 aromatic rings. The third kappa shape index (κ3) is 3.23. The fourth-order valence-corrected chi connectivity index (χ4v) is 5.02. The molecule has 1 aliphatic carbocycles. The molecule has 0 aromatic carbocycles. The number of hydrogen-bond donors (Lipinski definition) is 1. The van der Waals surface area contributed by atoms with Crippen LogP contribution in [-0.2, 0) is 4.74 Å². The Kier molecular flexibility index (Phi) is 5.46. The molecule has 0 aliphatic heterocycles. The average Bonchev–Trinajstić information content (AvgIpc) is 2.81. The summed E-state index contributed by atoms with van der Waals surface area (Å²) in [4.78, 5) is 1.37. The Morgan fingerprint density at radius 2 is 2.21 bits per heavy atom. The van der Waals surface area contributed by atoms with Gasteiger partial charge < -0.3 is 10.1 Å². The monoisotopic (exact) mass is 345 g/mol. The molecule has 108 valence electrons. The predicted molar refractivity (Wildman–Crippen MR) is 85.8 cm³/mol. The summed E-state index contributed by atoms with van der Waals surface area (Å²) >= 11 is 5.49. The molecule has 0 amide bonds. The number of likely N-dealkylation sites (N-methyl/N-ethyl adjacent to an activating group) is 1. The first kappa shape index (κ1) is 15.5. The normalized spacial score (nSPS) is 29.4. The van der Waals surface area contributed by atoms with E-state index in [0.29, 0.717) is 0 Å². The molecule has 1 aliphatic rings. The lowest BCUT2D eigenvalue weighted by Gasteiger charge is -2.44. The second kappa shape index (κ2) is 6.70. The van der Waals surface area contributed by atoms with E-state index in [2.05, 4.69) is 53.6 Å². The molecule has 4 heteroatoms. The molecular formula is C15H24BrNOS. The number of rotatable bonds is 5. The van der Waals surface area contributed by atoms with Crippen LogP contribution in [0.25, 0.3) is 0 Å². The zero-order chi connectivity index (χ0) is 13.9. The van der Waals surface area contributed by atoms with E-state index in [9.17, 15) is 0 Å². The zero-order valence-corrected chi connectivity index (χ0v) is 14.4. The van der Waals surface area contributed by atoms with Crippen molar-refractivity contribution in [1.29, 1.82) is 0 Å². The lowest BCUT2D eigenvalue weighted by Crippen LogP contribution is -2.47. The molecule has 1 aromatic heterocycles. The van der Waals surface area contributed by atoms with Gasteiger partial charge in [0.05, 0.1) is 11.6 Å². The smallest absolute Gasteiger partial charge is 0.0884 e. The van der Waals surface area contributed by atoms with E-state index in [-0.39, 0.29) is 11.6 Å². The number of nitrogens with one attached hydrogen (secondary N) is 1. The number of ether oxygens (including phenoxy) is 1. The Morgan fingerprint density at radius 1 is 1.53 bits per heavy atom. The Morgan fingerprint density at radius 3 is 2.68 bits per heavy atom. The summed E-state index contributed by atoms with van der Waals surface area (Å²) in [5.41, 5.74) is -0.0383. The van der Waals surface area contributed by atoms with Crippen molar-refractivity contribution >= 4 is 27.3 Å². The summed E-state index contributed by atoms with van der Waals surface area (Å²) < 4.78 is 7.48. The summed E-state index contributed by atoms with van der Waals surface area (Å²) in [6, 6.07) is 2.42. The van der Waals surface area contributed by atoms with Crippen molar-refractivity contribution in [3.8, 4) is 0 Å². The molecule has 0 radical (unpaired) electrons. The largest absolute Gasteiger partial charge is 0.373 e. The molecule has 2 rings (SSSR count). The van der Waals surface area contributed by atoms with Gasteiger partial charge in [0.25, 0.3) is 0 Å². The van der Waals surface area contributed by atoms with E-state index < -0.39 is 0 Å². The van der Waals surface area contributed by atoms with Crippen LogP contribution in [0.4, 0.5) is 0 Å². The minimum Gasteiger partial charge on any atom is -0.373 e. The lowest BCUT2D eigenvalue weighted by atomic mass is 9.75. The first-order valence-electron chi connectivity index (χ1n) is 7.17. The molecule has 0 saturated heterocycles. The third-order valence-electron chi connectivity index (χ3n) is 4.27. The quantitative estimate of drug-likeness (QED) is 0.830. The van der Waals surface area contributed by atoms with Gasteiger partial charge in [-0.25, -0.2) is 0 Å². The Bertz CT molecular complexity index is 399. The number of thiophene rings is 1. The summed E-state index contributed by atoms with van der Waals surface area (Å²) in [5.74, 6) is 0.831. The van der Waals surface area contributed by atoms with E-state index in [1.54, 1.807) is 0 Å². The van der Waals surface area contributed by atoms with E-state index in [4.69, 9.17) is 4.74 Å². The molecule has 0 bridgehead atoms. The first-order valence-corrected chi connectivity index (χ1v) is 8.84. The van der Waals surface area contributed by atoms with Gasteiger partial charge in [-0.2, -0.15) is 0 Å². The highest BCUT2D eigenvalue weighted by Crippen LogP contribution is 2.46. The second-order valence-electron chi connectivity index (χ2n) is 5.53. The van der Waals surface area contributed by atoms with Crippen molar-refractivity contribution in [2.75, 3.05) is 13.7 Å². The van der Waals surface area contributed by atoms with Crippen molar-refractivity contribution in [3.63, 3.8) is 0 Å². The van der Waals surface area contributed by atoms with Gasteiger partial charge in [-0.05, 0) is 72.9 Å². The first-order chi connectivity index (χ1) is 9.13. The van der Waals surface area contributed by atoms with Crippen molar-refractivity contribution in [2.24, 2.45) is 5.92 Å². The fourth-order valence-electron chi connectivity index (χ4n) is 3.20. The van der Waals surface area contributed by atoms with Crippen LogP contribution in [0.2, 0.25) is 0 Å². The average molecular weight is 346 g/mol. The molecular weight excluding hydrogens is 322 g/mol. The SMILES string of the molecule is CCOC1(C(NC)c2sccc2Br)CCC(C)CC1. The van der Waals surface area contributed by atoms with Crippen molar-refractivity contribution in [1.82, 2.24) is 5.32 Å². The van der Waals surface area contributed by atoms with Crippen molar-refractivity contribution in [2.45, 2.75) is 51.2 Å². The molecule has 1 N–H and O–H groups in total. The predicted octanol–water partition coefficient (Wildman–Crippen LogP) is 4.76. The van der Waals surface area contributed by atoms with Crippen molar-refractivity contribution in [3.05, 3.63) is 20.8 Å². The number of hydrogen-bond acceptors (Lipinski definition) is 3. The van der Waals surface area contributed by atoms with Crippen LogP contribution in [-0.4, -0.2) is 19.3 Å². The lowest BCUT2D eigenvalue weighted by molar-refractivity contribution is -0.0956. The third-order valence-corrected chi connectivity index (χ3v) is 6.21. The molecule has 1 unspecified atom stereocenters. The summed E-state index contributed by atoms with van der Waals surface area (Å²) in [7, 11) is 2.05. The van der Waals surface area contributed by atoms with Gasteiger partial charge in [-0.15, -0.1) is 11.3 Å². The van der Waals surface area contributed by atoms with E-state index in [1.165, 1.54) is 22.2 Å². The maximum Gasteiger partial charge on any atom is 0.0884 e. The molecule has 2 nitrogen and oxygen atoms in total. The second-order valence-corrected chi connectivity index (χ2v) is 7.34. The fraction of sp³-hybridized carbons (Fsp3) is 0.733. The van der Waals surface area contributed by atoms with E-state index in [0.717, 1.165) is 25.4 Å². The van der Waals surface area contributed by atoms with Gasteiger partial charge in [-0.1, -0.05) is 6.92 Å². The highest BCUT2D eigenvalue weighted by Gasteiger charge is 2.43.